The number of hydrogen-bond donors (Lipinski definition) is 0. The van der Waals surface area contributed by atoms with Gasteiger partial charge in [0.25, 0.3) is 5.91 Å². The number of nitrogens with zero attached hydrogens (tertiary/aromatic N) is 3. The summed E-state index contributed by atoms with van der Waals surface area (Å²) in [4.78, 5) is 30.1. The van der Waals surface area contributed by atoms with E-state index in [-0.39, 0.29) is 18.0 Å². The molecule has 0 saturated carbocycles. The molecule has 0 N–H and O–H groups in total. The topological polar surface area (TPSA) is 98.0 Å². The van der Waals surface area contributed by atoms with Crippen LogP contribution in [0.25, 0.3) is 10.2 Å². The van der Waals surface area contributed by atoms with Crippen LogP contribution in [0.4, 0.5) is 0 Å². The molecule has 0 bridgehead atoms. The average Bonchev–Trinajstić information content (AvgIpc) is 3.45. The number of hydrogen-bond acceptors (Lipinski definition) is 6. The largest absolute Gasteiger partial charge is 0.468 e. The molecule has 1 fully saturated rings. The second-order valence-electron chi connectivity index (χ2n) is 8.61. The molecule has 1 unspecified atom stereocenters. The normalized spacial score (nSPS) is 17.4. The predicted molar refractivity (Wildman–Crippen MR) is 135 cm³/mol. The summed E-state index contributed by atoms with van der Waals surface area (Å²) in [5, 5.41) is 0.425. The van der Waals surface area contributed by atoms with Crippen molar-refractivity contribution in [2.24, 2.45) is 4.99 Å². The molecule has 0 radical (unpaired) electrons. The number of aromatic nitrogens is 1. The van der Waals surface area contributed by atoms with Crippen LogP contribution in [0.3, 0.4) is 0 Å². The lowest BCUT2D eigenvalue weighted by Gasteiger charge is -2.21. The molecule has 4 rings (SSSR count). The molecule has 2 heterocycles. The Kier molecular flexibility index (Phi) is 7.46. The number of thiazole rings is 1. The van der Waals surface area contributed by atoms with E-state index in [2.05, 4.69) is 18.8 Å². The quantitative estimate of drug-likeness (QED) is 0.445. The minimum atomic E-state index is -3.90. The third-order valence-corrected chi connectivity index (χ3v) is 9.22. The summed E-state index contributed by atoms with van der Waals surface area (Å²) >= 11 is 7.19. The van der Waals surface area contributed by atoms with E-state index in [1.807, 2.05) is 18.2 Å². The Morgan fingerprint density at radius 2 is 1.91 bits per heavy atom. The van der Waals surface area contributed by atoms with Gasteiger partial charge in [0.05, 0.1) is 22.2 Å². The van der Waals surface area contributed by atoms with Gasteiger partial charge >= 0.3 is 5.97 Å². The van der Waals surface area contributed by atoms with Crippen LogP contribution < -0.4 is 4.80 Å². The van der Waals surface area contributed by atoms with Crippen molar-refractivity contribution in [1.29, 1.82) is 0 Å². The Morgan fingerprint density at radius 1 is 1.20 bits per heavy atom. The number of fused-ring (bicyclic) bond motifs is 1. The summed E-state index contributed by atoms with van der Waals surface area (Å²) in [6.45, 7) is 4.29. The van der Waals surface area contributed by atoms with Gasteiger partial charge in [-0.3, -0.25) is 9.59 Å². The van der Waals surface area contributed by atoms with Gasteiger partial charge in [0.15, 0.2) is 4.80 Å². The van der Waals surface area contributed by atoms with Gasteiger partial charge in [-0.25, -0.2) is 8.42 Å². The van der Waals surface area contributed by atoms with Crippen molar-refractivity contribution in [2.45, 2.75) is 50.1 Å². The Hall–Kier alpha value is -2.53. The zero-order valence-corrected chi connectivity index (χ0v) is 22.0. The van der Waals surface area contributed by atoms with Crippen molar-refractivity contribution < 1.29 is 22.7 Å². The zero-order valence-electron chi connectivity index (χ0n) is 19.6. The third kappa shape index (κ3) is 5.20. The molecular weight excluding hydrogens is 510 g/mol. The SMILES string of the molecule is COC(=O)Cn1c(=NC(=O)C2CCCN2S(=O)(=O)c2ccc(Cl)cc2)sc2cc(C(C)C)ccc21. The fourth-order valence-electron chi connectivity index (χ4n) is 4.07. The van der Waals surface area contributed by atoms with Crippen molar-refractivity contribution >= 4 is 55.1 Å². The number of carbonyl (C=O) groups is 2. The molecule has 11 heteroatoms. The fraction of sp³-hybridized carbons (Fsp3) is 0.375. The van der Waals surface area contributed by atoms with E-state index >= 15 is 0 Å². The van der Waals surface area contributed by atoms with Gasteiger partial charge in [0.2, 0.25) is 10.0 Å². The molecule has 3 aromatic rings. The van der Waals surface area contributed by atoms with E-state index in [0.717, 1.165) is 15.8 Å². The third-order valence-electron chi connectivity index (χ3n) is 6.00. The Balaban J connectivity index is 1.74. The van der Waals surface area contributed by atoms with Gasteiger partial charge in [-0.15, -0.1) is 0 Å². The van der Waals surface area contributed by atoms with Crippen LogP contribution >= 0.6 is 22.9 Å². The van der Waals surface area contributed by atoms with Crippen LogP contribution in [-0.4, -0.2) is 48.9 Å². The summed E-state index contributed by atoms with van der Waals surface area (Å²) in [7, 11) is -2.60. The first-order valence-electron chi connectivity index (χ1n) is 11.2. The van der Waals surface area contributed by atoms with Gasteiger partial charge in [0, 0.05) is 11.6 Å². The summed E-state index contributed by atoms with van der Waals surface area (Å²) in [5.74, 6) is -0.726. The molecule has 2 aromatic carbocycles. The lowest BCUT2D eigenvalue weighted by atomic mass is 10.0. The molecule has 0 aliphatic carbocycles. The van der Waals surface area contributed by atoms with Crippen LogP contribution in [0.1, 0.15) is 38.2 Å². The first-order chi connectivity index (χ1) is 16.6. The van der Waals surface area contributed by atoms with E-state index in [1.54, 1.807) is 4.57 Å². The minimum absolute atomic E-state index is 0.0745. The van der Waals surface area contributed by atoms with Gasteiger partial charge < -0.3 is 9.30 Å². The van der Waals surface area contributed by atoms with Crippen LogP contribution in [0.5, 0.6) is 0 Å². The highest BCUT2D eigenvalue weighted by Crippen LogP contribution is 2.28. The molecule has 1 aliphatic heterocycles. The summed E-state index contributed by atoms with van der Waals surface area (Å²) < 4.78 is 35.0. The van der Waals surface area contributed by atoms with Crippen molar-refractivity contribution in [3.05, 3.63) is 57.9 Å². The maximum atomic E-state index is 13.3. The molecule has 186 valence electrons. The second-order valence-corrected chi connectivity index (χ2v) is 11.9. The standard InChI is InChI=1S/C24H26ClN3O5S2/c1-15(2)16-6-11-19-21(13-16)34-24(27(19)14-22(29)33-3)26-23(30)20-5-4-12-28(20)35(31,32)18-9-7-17(25)8-10-18/h6-11,13,15,20H,4-5,12,14H2,1-3H3. The van der Waals surface area contributed by atoms with E-state index in [9.17, 15) is 18.0 Å². The lowest BCUT2D eigenvalue weighted by Crippen LogP contribution is -2.40. The monoisotopic (exact) mass is 535 g/mol. The minimum Gasteiger partial charge on any atom is -0.468 e. The van der Waals surface area contributed by atoms with Crippen LogP contribution in [0.15, 0.2) is 52.4 Å². The van der Waals surface area contributed by atoms with Crippen LogP contribution in [0, 0.1) is 0 Å². The smallest absolute Gasteiger partial charge is 0.325 e. The number of ether oxygens (including phenoxy) is 1. The number of halogens is 1. The molecule has 35 heavy (non-hydrogen) atoms. The van der Waals surface area contributed by atoms with Gasteiger partial charge in [-0.1, -0.05) is 42.9 Å². The maximum absolute atomic E-state index is 13.3. The number of esters is 1. The first kappa shape index (κ1) is 25.6. The van der Waals surface area contributed by atoms with Crippen LogP contribution in [0.2, 0.25) is 5.02 Å². The van der Waals surface area contributed by atoms with Crippen molar-refractivity contribution in [3.63, 3.8) is 0 Å². The lowest BCUT2D eigenvalue weighted by molar-refractivity contribution is -0.141. The number of rotatable bonds is 6. The van der Waals surface area contributed by atoms with E-state index in [4.69, 9.17) is 16.3 Å². The van der Waals surface area contributed by atoms with Gasteiger partial charge in [-0.2, -0.15) is 9.30 Å². The average molecular weight is 536 g/mol. The Bertz CT molecular complexity index is 1440. The molecule has 1 saturated heterocycles. The summed E-state index contributed by atoms with van der Waals surface area (Å²) in [6, 6.07) is 10.9. The van der Waals surface area contributed by atoms with Crippen LogP contribution in [-0.2, 0) is 30.9 Å². The Labute approximate surface area is 212 Å². The number of sulfonamides is 1. The van der Waals surface area contributed by atoms with Gasteiger partial charge in [0.1, 0.15) is 12.6 Å². The number of methoxy groups -OCH3 is 1. The number of carbonyl (C=O) groups excluding carboxylic acids is 2. The second kappa shape index (κ2) is 10.2. The van der Waals surface area contributed by atoms with Gasteiger partial charge in [-0.05, 0) is 60.7 Å². The van der Waals surface area contributed by atoms with E-state index in [1.165, 1.54) is 47.0 Å². The highest BCUT2D eigenvalue weighted by molar-refractivity contribution is 7.89. The van der Waals surface area contributed by atoms with Crippen molar-refractivity contribution in [3.8, 4) is 0 Å². The highest BCUT2D eigenvalue weighted by Gasteiger charge is 2.39. The molecule has 0 spiro atoms. The molecule has 8 nitrogen and oxygen atoms in total. The molecule has 1 aromatic heterocycles. The Morgan fingerprint density at radius 3 is 2.57 bits per heavy atom. The number of benzene rings is 2. The van der Waals surface area contributed by atoms with E-state index in [0.29, 0.717) is 28.6 Å². The molecule has 1 aliphatic rings. The van der Waals surface area contributed by atoms with Crippen molar-refractivity contribution in [2.75, 3.05) is 13.7 Å². The van der Waals surface area contributed by atoms with E-state index < -0.39 is 27.9 Å². The maximum Gasteiger partial charge on any atom is 0.325 e. The zero-order chi connectivity index (χ0) is 25.3. The van der Waals surface area contributed by atoms with Crippen molar-refractivity contribution in [1.82, 2.24) is 8.87 Å². The predicted octanol–water partition coefficient (Wildman–Crippen LogP) is 3.93. The molecule has 1 amide bonds. The summed E-state index contributed by atoms with van der Waals surface area (Å²) in [6.07, 6.45) is 0.916. The highest BCUT2D eigenvalue weighted by atomic mass is 35.5. The molecule has 1 atom stereocenters. The number of amides is 1. The fourth-order valence-corrected chi connectivity index (χ4v) is 6.93. The first-order valence-corrected chi connectivity index (χ1v) is 13.8. The molecular formula is C24H26ClN3O5S2. The summed E-state index contributed by atoms with van der Waals surface area (Å²) in [5.41, 5.74) is 1.88.